The molecule has 0 bridgehead atoms. The molecule has 0 aliphatic carbocycles. The molecule has 1 aromatic rings. The molecule has 120 valence electrons. The first-order valence-corrected chi connectivity index (χ1v) is 7.77. The largest absolute Gasteiger partial charge is 0.496 e. The van der Waals surface area contributed by atoms with Crippen LogP contribution in [-0.2, 0) is 11.3 Å². The van der Waals surface area contributed by atoms with E-state index in [1.807, 2.05) is 6.07 Å². The fourth-order valence-electron chi connectivity index (χ4n) is 2.43. The number of benzene rings is 1. The van der Waals surface area contributed by atoms with Crippen molar-refractivity contribution in [2.24, 2.45) is 0 Å². The van der Waals surface area contributed by atoms with Crippen LogP contribution >= 0.6 is 0 Å². The molecule has 0 aromatic heterocycles. The number of nitrogens with zero attached hydrogens (tertiary/aromatic N) is 1. The third-order valence-corrected chi connectivity index (χ3v) is 3.88. The maximum absolute atomic E-state index is 5.37. The number of nitrogens with one attached hydrogen (secondary N) is 1. The van der Waals surface area contributed by atoms with Crippen molar-refractivity contribution in [1.82, 2.24) is 10.2 Å². The zero-order valence-electron chi connectivity index (χ0n) is 14.1. The van der Waals surface area contributed by atoms with Crippen LogP contribution in [0.5, 0.6) is 5.75 Å². The predicted octanol–water partition coefficient (Wildman–Crippen LogP) is 2.83. The molecule has 0 saturated heterocycles. The Morgan fingerprint density at radius 3 is 2.48 bits per heavy atom. The lowest BCUT2D eigenvalue weighted by atomic mass is 10.0. The van der Waals surface area contributed by atoms with E-state index in [-0.39, 0.29) is 0 Å². The van der Waals surface area contributed by atoms with Crippen molar-refractivity contribution in [2.75, 3.05) is 40.4 Å². The van der Waals surface area contributed by atoms with E-state index in [0.717, 1.165) is 37.5 Å². The molecule has 21 heavy (non-hydrogen) atoms. The van der Waals surface area contributed by atoms with Gasteiger partial charge in [0, 0.05) is 31.8 Å². The molecular formula is C17H30N2O2. The molecular weight excluding hydrogens is 264 g/mol. The second-order valence-corrected chi connectivity index (χ2v) is 5.21. The van der Waals surface area contributed by atoms with Gasteiger partial charge in [-0.3, -0.25) is 0 Å². The lowest BCUT2D eigenvalue weighted by Gasteiger charge is -2.21. The minimum atomic E-state index is 0.321. The molecule has 1 aromatic carbocycles. The van der Waals surface area contributed by atoms with Crippen molar-refractivity contribution < 1.29 is 9.47 Å². The summed E-state index contributed by atoms with van der Waals surface area (Å²) in [6.07, 6.45) is 0. The van der Waals surface area contributed by atoms with Gasteiger partial charge in [0.15, 0.2) is 0 Å². The van der Waals surface area contributed by atoms with Crippen molar-refractivity contribution in [2.45, 2.75) is 33.4 Å². The maximum atomic E-state index is 5.37. The Balaban J connectivity index is 2.61. The molecule has 0 aliphatic heterocycles. The van der Waals surface area contributed by atoms with Gasteiger partial charge in [-0.05, 0) is 37.7 Å². The minimum absolute atomic E-state index is 0.321. The third kappa shape index (κ3) is 5.65. The van der Waals surface area contributed by atoms with Crippen LogP contribution in [0.3, 0.4) is 0 Å². The number of ether oxygens (including phenoxy) is 2. The monoisotopic (exact) mass is 294 g/mol. The topological polar surface area (TPSA) is 33.7 Å². The fourth-order valence-corrected chi connectivity index (χ4v) is 2.43. The van der Waals surface area contributed by atoms with Crippen molar-refractivity contribution in [3.63, 3.8) is 0 Å². The highest BCUT2D eigenvalue weighted by molar-refractivity contribution is 5.38. The summed E-state index contributed by atoms with van der Waals surface area (Å²) in [7, 11) is 3.40. The Bertz CT molecular complexity index is 406. The summed E-state index contributed by atoms with van der Waals surface area (Å²) >= 11 is 0. The van der Waals surface area contributed by atoms with Crippen molar-refractivity contribution in [3.8, 4) is 5.75 Å². The second-order valence-electron chi connectivity index (χ2n) is 5.21. The van der Waals surface area contributed by atoms with E-state index in [0.29, 0.717) is 12.6 Å². The van der Waals surface area contributed by atoms with Crippen LogP contribution in [0, 0.1) is 0 Å². The lowest BCUT2D eigenvalue weighted by Crippen LogP contribution is -2.33. The van der Waals surface area contributed by atoms with E-state index in [2.05, 4.69) is 43.1 Å². The van der Waals surface area contributed by atoms with Gasteiger partial charge in [-0.1, -0.05) is 19.9 Å². The first-order chi connectivity index (χ1) is 10.2. The van der Waals surface area contributed by atoms with Gasteiger partial charge < -0.3 is 19.7 Å². The Morgan fingerprint density at radius 1 is 1.19 bits per heavy atom. The van der Waals surface area contributed by atoms with Gasteiger partial charge in [0.05, 0.1) is 13.7 Å². The number of hydrogen-bond donors (Lipinski definition) is 1. The Labute approximate surface area is 129 Å². The van der Waals surface area contributed by atoms with Crippen LogP contribution in [0.4, 0.5) is 0 Å². The zero-order chi connectivity index (χ0) is 15.7. The van der Waals surface area contributed by atoms with Crippen LogP contribution in [0.25, 0.3) is 0 Å². The second kappa shape index (κ2) is 9.77. The minimum Gasteiger partial charge on any atom is -0.496 e. The van der Waals surface area contributed by atoms with E-state index >= 15 is 0 Å². The van der Waals surface area contributed by atoms with Gasteiger partial charge in [-0.25, -0.2) is 0 Å². The highest BCUT2D eigenvalue weighted by Crippen LogP contribution is 2.23. The first kappa shape index (κ1) is 18.0. The normalized spacial score (nSPS) is 12.7. The Hall–Kier alpha value is -1.10. The molecule has 0 fully saturated rings. The summed E-state index contributed by atoms with van der Waals surface area (Å²) in [6.45, 7) is 11.5. The summed E-state index contributed by atoms with van der Waals surface area (Å²) in [5.74, 6) is 0.885. The van der Waals surface area contributed by atoms with Crippen molar-refractivity contribution in [1.29, 1.82) is 0 Å². The molecule has 0 spiro atoms. The van der Waals surface area contributed by atoms with Crippen LogP contribution in [0.1, 0.15) is 37.9 Å². The molecule has 0 radical (unpaired) electrons. The first-order valence-electron chi connectivity index (χ1n) is 7.77. The molecule has 1 N–H and O–H groups in total. The standard InChI is InChI=1S/C17H30N2O2/c1-6-19(7-2)11-10-18-14(3)15-8-9-17(21-5)16(12-15)13-20-4/h8-9,12,14,18H,6-7,10-11,13H2,1-5H3. The van der Waals surface area contributed by atoms with Gasteiger partial charge in [0.2, 0.25) is 0 Å². The summed E-state index contributed by atoms with van der Waals surface area (Å²) in [5.41, 5.74) is 2.36. The lowest BCUT2D eigenvalue weighted by molar-refractivity contribution is 0.181. The Morgan fingerprint density at radius 2 is 1.90 bits per heavy atom. The van der Waals surface area contributed by atoms with Crippen LogP contribution in [-0.4, -0.2) is 45.3 Å². The van der Waals surface area contributed by atoms with Gasteiger partial charge in [0.1, 0.15) is 5.75 Å². The zero-order valence-corrected chi connectivity index (χ0v) is 14.1. The Kier molecular flexibility index (Phi) is 8.35. The van der Waals surface area contributed by atoms with Gasteiger partial charge in [0.25, 0.3) is 0 Å². The summed E-state index contributed by atoms with van der Waals surface area (Å²) in [5, 5.41) is 3.58. The third-order valence-electron chi connectivity index (χ3n) is 3.88. The number of likely N-dealkylation sites (N-methyl/N-ethyl adjacent to an activating group) is 1. The maximum Gasteiger partial charge on any atom is 0.124 e. The number of rotatable bonds is 10. The summed E-state index contributed by atoms with van der Waals surface area (Å²) in [6, 6.07) is 6.62. The molecule has 0 saturated carbocycles. The van der Waals surface area contributed by atoms with E-state index in [4.69, 9.17) is 9.47 Å². The van der Waals surface area contributed by atoms with E-state index in [9.17, 15) is 0 Å². The molecule has 4 heteroatoms. The molecule has 1 atom stereocenters. The average molecular weight is 294 g/mol. The molecule has 0 aliphatic rings. The summed E-state index contributed by atoms with van der Waals surface area (Å²) < 4.78 is 10.6. The van der Waals surface area contributed by atoms with Crippen LogP contribution < -0.4 is 10.1 Å². The van der Waals surface area contributed by atoms with E-state index < -0.39 is 0 Å². The highest BCUT2D eigenvalue weighted by Gasteiger charge is 2.10. The average Bonchev–Trinajstić information content (AvgIpc) is 2.51. The molecule has 1 rings (SSSR count). The molecule has 0 amide bonds. The fraction of sp³-hybridized carbons (Fsp3) is 0.647. The summed E-state index contributed by atoms with van der Waals surface area (Å²) in [4.78, 5) is 2.42. The quantitative estimate of drug-likeness (QED) is 0.719. The van der Waals surface area contributed by atoms with Gasteiger partial charge in [-0.15, -0.1) is 0 Å². The molecule has 4 nitrogen and oxygen atoms in total. The van der Waals surface area contributed by atoms with E-state index in [1.54, 1.807) is 14.2 Å². The number of methoxy groups -OCH3 is 2. The van der Waals surface area contributed by atoms with Gasteiger partial charge >= 0.3 is 0 Å². The smallest absolute Gasteiger partial charge is 0.124 e. The molecule has 0 heterocycles. The highest BCUT2D eigenvalue weighted by atomic mass is 16.5. The molecule has 1 unspecified atom stereocenters. The predicted molar refractivity (Wildman–Crippen MR) is 87.9 cm³/mol. The number of hydrogen-bond acceptors (Lipinski definition) is 4. The van der Waals surface area contributed by atoms with Gasteiger partial charge in [-0.2, -0.15) is 0 Å². The van der Waals surface area contributed by atoms with Crippen LogP contribution in [0.2, 0.25) is 0 Å². The van der Waals surface area contributed by atoms with Crippen LogP contribution in [0.15, 0.2) is 18.2 Å². The van der Waals surface area contributed by atoms with Crippen molar-refractivity contribution in [3.05, 3.63) is 29.3 Å². The SMILES string of the molecule is CCN(CC)CCNC(C)c1ccc(OC)c(COC)c1. The van der Waals surface area contributed by atoms with E-state index in [1.165, 1.54) is 5.56 Å². The van der Waals surface area contributed by atoms with Crippen molar-refractivity contribution >= 4 is 0 Å².